The van der Waals surface area contributed by atoms with Crippen molar-refractivity contribution in [1.82, 2.24) is 5.32 Å². The van der Waals surface area contributed by atoms with Gasteiger partial charge in [0.15, 0.2) is 0 Å². The van der Waals surface area contributed by atoms with E-state index in [1.165, 1.54) is 19.3 Å². The highest BCUT2D eigenvalue weighted by molar-refractivity contribution is 5.21. The van der Waals surface area contributed by atoms with Crippen molar-refractivity contribution in [3.05, 3.63) is 11.6 Å². The van der Waals surface area contributed by atoms with Gasteiger partial charge in [0.25, 0.3) is 0 Å². The monoisotopic (exact) mass is 219 g/mol. The van der Waals surface area contributed by atoms with Crippen molar-refractivity contribution in [3.63, 3.8) is 0 Å². The molecule has 0 aliphatic heterocycles. The molecule has 0 aromatic rings. The fourth-order valence-electron chi connectivity index (χ4n) is 5.29. The summed E-state index contributed by atoms with van der Waals surface area (Å²) in [5, 5.41) is 3.38. The zero-order valence-corrected chi connectivity index (χ0v) is 10.8. The fraction of sp³-hybridized carbons (Fsp3) is 0.867. The lowest BCUT2D eigenvalue weighted by atomic mass is 9.47. The predicted molar refractivity (Wildman–Crippen MR) is 68.3 cm³/mol. The van der Waals surface area contributed by atoms with E-state index in [0.29, 0.717) is 5.41 Å². The van der Waals surface area contributed by atoms with E-state index in [0.717, 1.165) is 24.3 Å². The number of nitrogens with one attached hydrogen (secondary N) is 1. The van der Waals surface area contributed by atoms with Crippen molar-refractivity contribution in [2.24, 2.45) is 23.2 Å². The van der Waals surface area contributed by atoms with Crippen LogP contribution in [-0.4, -0.2) is 13.6 Å². The van der Waals surface area contributed by atoms with E-state index in [2.05, 4.69) is 25.4 Å². The molecule has 0 spiro atoms. The van der Waals surface area contributed by atoms with Gasteiger partial charge < -0.3 is 5.32 Å². The molecule has 1 heteroatoms. The predicted octanol–water partition coefficient (Wildman–Crippen LogP) is 3.37. The SMILES string of the molecule is C/C=C(\CNC)C12CC3CC(CC(C3)C1)C2. The normalized spacial score (nSPS) is 46.4. The third kappa shape index (κ3) is 1.55. The average Bonchev–Trinajstić information content (AvgIpc) is 2.23. The Morgan fingerprint density at radius 2 is 1.62 bits per heavy atom. The average molecular weight is 219 g/mol. The topological polar surface area (TPSA) is 12.0 Å². The molecule has 0 atom stereocenters. The Kier molecular flexibility index (Phi) is 2.62. The molecule has 0 amide bonds. The Morgan fingerprint density at radius 3 is 2.00 bits per heavy atom. The second kappa shape index (κ2) is 3.87. The highest BCUT2D eigenvalue weighted by Crippen LogP contribution is 2.62. The number of hydrogen-bond donors (Lipinski definition) is 1. The first-order chi connectivity index (χ1) is 7.75. The molecular weight excluding hydrogens is 194 g/mol. The van der Waals surface area contributed by atoms with Crippen LogP contribution < -0.4 is 5.32 Å². The van der Waals surface area contributed by atoms with Crippen LogP contribution in [0, 0.1) is 23.2 Å². The van der Waals surface area contributed by atoms with Gasteiger partial charge >= 0.3 is 0 Å². The fourth-order valence-corrected chi connectivity index (χ4v) is 5.29. The van der Waals surface area contributed by atoms with Crippen LogP contribution in [0.1, 0.15) is 45.4 Å². The van der Waals surface area contributed by atoms with Crippen molar-refractivity contribution in [2.45, 2.75) is 45.4 Å². The third-order valence-corrected chi connectivity index (χ3v) is 5.44. The molecular formula is C15H25N. The first-order valence-corrected chi connectivity index (χ1v) is 7.06. The number of hydrogen-bond acceptors (Lipinski definition) is 1. The van der Waals surface area contributed by atoms with E-state index in [1.807, 2.05) is 0 Å². The summed E-state index contributed by atoms with van der Waals surface area (Å²) >= 11 is 0. The Labute approximate surface area is 99.7 Å². The van der Waals surface area contributed by atoms with Gasteiger partial charge in [-0.15, -0.1) is 0 Å². The highest BCUT2D eigenvalue weighted by Gasteiger charge is 2.51. The molecule has 90 valence electrons. The molecule has 4 fully saturated rings. The number of allylic oxidation sites excluding steroid dienone is 1. The summed E-state index contributed by atoms with van der Waals surface area (Å²) in [6.07, 6.45) is 11.6. The molecule has 0 aromatic carbocycles. The van der Waals surface area contributed by atoms with Gasteiger partial charge in [-0.25, -0.2) is 0 Å². The largest absolute Gasteiger partial charge is 0.316 e. The van der Waals surface area contributed by atoms with Gasteiger partial charge in [0, 0.05) is 6.54 Å². The van der Waals surface area contributed by atoms with E-state index in [9.17, 15) is 0 Å². The number of rotatable bonds is 3. The molecule has 4 rings (SSSR count). The van der Waals surface area contributed by atoms with Crippen LogP contribution in [0.2, 0.25) is 0 Å². The lowest BCUT2D eigenvalue weighted by Gasteiger charge is -2.58. The highest BCUT2D eigenvalue weighted by atomic mass is 14.8. The standard InChI is InChI=1S/C15H25N/c1-3-14(10-16-2)15-7-11-4-12(8-15)6-13(5-11)9-15/h3,11-13,16H,4-10H2,1-2H3/b14-3+. The van der Waals surface area contributed by atoms with Crippen LogP contribution in [0.15, 0.2) is 11.6 Å². The van der Waals surface area contributed by atoms with E-state index >= 15 is 0 Å². The second-order valence-corrected chi connectivity index (χ2v) is 6.54. The maximum Gasteiger partial charge on any atom is 0.0167 e. The van der Waals surface area contributed by atoms with Crippen LogP contribution >= 0.6 is 0 Å². The van der Waals surface area contributed by atoms with Gasteiger partial charge in [0.1, 0.15) is 0 Å². The molecule has 0 unspecified atom stereocenters. The Balaban J connectivity index is 1.87. The third-order valence-electron chi connectivity index (χ3n) is 5.44. The van der Waals surface area contributed by atoms with Gasteiger partial charge in [-0.1, -0.05) is 11.6 Å². The molecule has 4 aliphatic carbocycles. The smallest absolute Gasteiger partial charge is 0.0167 e. The molecule has 0 radical (unpaired) electrons. The summed E-state index contributed by atoms with van der Waals surface area (Å²) in [5.74, 6) is 3.20. The molecule has 1 N–H and O–H groups in total. The molecule has 4 aliphatic rings. The van der Waals surface area contributed by atoms with Crippen molar-refractivity contribution >= 4 is 0 Å². The quantitative estimate of drug-likeness (QED) is 0.718. The molecule has 16 heavy (non-hydrogen) atoms. The minimum absolute atomic E-state index is 0.618. The van der Waals surface area contributed by atoms with Gasteiger partial charge in [-0.2, -0.15) is 0 Å². The minimum Gasteiger partial charge on any atom is -0.316 e. The van der Waals surface area contributed by atoms with Crippen molar-refractivity contribution in [2.75, 3.05) is 13.6 Å². The lowest BCUT2D eigenvalue weighted by Crippen LogP contribution is -2.48. The zero-order chi connectivity index (χ0) is 11.2. The van der Waals surface area contributed by atoms with E-state index < -0.39 is 0 Å². The van der Waals surface area contributed by atoms with Crippen molar-refractivity contribution < 1.29 is 0 Å². The summed E-state index contributed by atoms with van der Waals surface area (Å²) in [4.78, 5) is 0. The maximum atomic E-state index is 3.38. The molecule has 4 bridgehead atoms. The van der Waals surface area contributed by atoms with Gasteiger partial charge in [0.05, 0.1) is 0 Å². The molecule has 1 nitrogen and oxygen atoms in total. The van der Waals surface area contributed by atoms with Crippen LogP contribution in [0.25, 0.3) is 0 Å². The van der Waals surface area contributed by atoms with Crippen molar-refractivity contribution in [3.8, 4) is 0 Å². The maximum absolute atomic E-state index is 3.38. The molecule has 0 saturated heterocycles. The van der Waals surface area contributed by atoms with Crippen LogP contribution in [-0.2, 0) is 0 Å². The van der Waals surface area contributed by atoms with Crippen LogP contribution in [0.5, 0.6) is 0 Å². The first kappa shape index (κ1) is 10.8. The van der Waals surface area contributed by atoms with Crippen LogP contribution in [0.3, 0.4) is 0 Å². The summed E-state index contributed by atoms with van der Waals surface area (Å²) in [5.41, 5.74) is 2.33. The first-order valence-electron chi connectivity index (χ1n) is 7.06. The van der Waals surface area contributed by atoms with Crippen molar-refractivity contribution in [1.29, 1.82) is 0 Å². The number of likely N-dealkylation sites (N-methyl/N-ethyl adjacent to an activating group) is 1. The second-order valence-electron chi connectivity index (χ2n) is 6.54. The van der Waals surface area contributed by atoms with Gasteiger partial charge in [0.2, 0.25) is 0 Å². The van der Waals surface area contributed by atoms with E-state index in [1.54, 1.807) is 24.8 Å². The summed E-state index contributed by atoms with van der Waals surface area (Å²) in [6, 6.07) is 0. The Hall–Kier alpha value is -0.300. The molecule has 0 heterocycles. The van der Waals surface area contributed by atoms with Gasteiger partial charge in [-0.3, -0.25) is 0 Å². The Bertz CT molecular complexity index is 267. The molecule has 4 saturated carbocycles. The summed E-state index contributed by atoms with van der Waals surface area (Å²) < 4.78 is 0. The molecule has 0 aromatic heterocycles. The van der Waals surface area contributed by atoms with E-state index in [-0.39, 0.29) is 0 Å². The Morgan fingerprint density at radius 1 is 1.12 bits per heavy atom. The van der Waals surface area contributed by atoms with E-state index in [4.69, 9.17) is 0 Å². The summed E-state index contributed by atoms with van der Waals surface area (Å²) in [7, 11) is 2.09. The lowest BCUT2D eigenvalue weighted by molar-refractivity contribution is -0.0314. The van der Waals surface area contributed by atoms with Gasteiger partial charge in [-0.05, 0) is 75.7 Å². The zero-order valence-electron chi connectivity index (χ0n) is 10.8. The minimum atomic E-state index is 0.618. The van der Waals surface area contributed by atoms with Crippen LogP contribution in [0.4, 0.5) is 0 Å². The summed E-state index contributed by atoms with van der Waals surface area (Å²) in [6.45, 7) is 3.36.